The van der Waals surface area contributed by atoms with Gasteiger partial charge in [-0.3, -0.25) is 14.8 Å². The molecule has 0 aliphatic carbocycles. The Balaban J connectivity index is 1.80. The Morgan fingerprint density at radius 2 is 1.65 bits per heavy atom. The molecule has 0 saturated carbocycles. The summed E-state index contributed by atoms with van der Waals surface area (Å²) in [6.07, 6.45) is 1.20. The molecular weight excluding hydrogens is 577 g/mol. The standard InChI is InChI=1S/C30H38FN5O6S/c1-17(2)28-25(29(21-8-10-22(31)11-9-21)35-30(34-28)36(6)43(7,40)41)13-12-23(37)14-24(38)15-27(39)42-16-26-20(5)32-18(3)19(4)33-26/h8-13,17,23-24,37-38H,14-16H2,1-7H3/b13-12+/t23-,24+/m1/s1. The number of aliphatic hydroxyl groups is 2. The second-order valence-corrected chi connectivity index (χ2v) is 12.7. The Morgan fingerprint density at radius 1 is 1.02 bits per heavy atom. The maximum atomic E-state index is 13.7. The van der Waals surface area contributed by atoms with Crippen molar-refractivity contribution in [2.75, 3.05) is 17.6 Å². The SMILES string of the molecule is Cc1nc(C)c(COC(=O)C[C@@H](O)C[C@H](O)/C=C/c2c(-c3ccc(F)cc3)nc(N(C)S(C)(=O)=O)nc2C(C)C)nc1C. The maximum Gasteiger partial charge on any atom is 0.308 e. The van der Waals surface area contributed by atoms with Crippen LogP contribution < -0.4 is 4.31 Å². The van der Waals surface area contributed by atoms with E-state index in [1.807, 2.05) is 27.7 Å². The molecule has 232 valence electrons. The third kappa shape index (κ3) is 9.09. The van der Waals surface area contributed by atoms with Crippen LogP contribution in [0.4, 0.5) is 10.3 Å². The van der Waals surface area contributed by atoms with Crippen molar-refractivity contribution in [2.24, 2.45) is 0 Å². The number of carbonyl (C=O) groups is 1. The van der Waals surface area contributed by atoms with E-state index < -0.39 is 34.0 Å². The molecule has 0 radical (unpaired) electrons. The molecule has 43 heavy (non-hydrogen) atoms. The van der Waals surface area contributed by atoms with Gasteiger partial charge in [-0.25, -0.2) is 27.1 Å². The van der Waals surface area contributed by atoms with E-state index in [-0.39, 0.29) is 31.3 Å². The number of sulfonamides is 1. The van der Waals surface area contributed by atoms with Crippen LogP contribution in [0.15, 0.2) is 30.3 Å². The van der Waals surface area contributed by atoms with Crippen molar-refractivity contribution < 1.29 is 32.6 Å². The van der Waals surface area contributed by atoms with E-state index in [4.69, 9.17) is 4.74 Å². The van der Waals surface area contributed by atoms with Gasteiger partial charge in [0.05, 0.1) is 59.0 Å². The number of nitrogens with zero attached hydrogens (tertiary/aromatic N) is 5. The number of rotatable bonds is 12. The number of carbonyl (C=O) groups excluding carboxylic acids is 1. The Morgan fingerprint density at radius 3 is 2.26 bits per heavy atom. The van der Waals surface area contributed by atoms with Gasteiger partial charge >= 0.3 is 5.97 Å². The molecular formula is C30H38FN5O6S. The minimum absolute atomic E-state index is 0.0564. The van der Waals surface area contributed by atoms with Crippen molar-refractivity contribution in [1.82, 2.24) is 19.9 Å². The van der Waals surface area contributed by atoms with Gasteiger partial charge in [-0.2, -0.15) is 0 Å². The molecule has 2 heterocycles. The summed E-state index contributed by atoms with van der Waals surface area (Å²) in [6, 6.07) is 5.55. The number of esters is 1. The van der Waals surface area contributed by atoms with Crippen LogP contribution in [-0.2, 0) is 26.2 Å². The van der Waals surface area contributed by atoms with Crippen LogP contribution in [0.25, 0.3) is 17.3 Å². The minimum atomic E-state index is -3.67. The summed E-state index contributed by atoms with van der Waals surface area (Å²) in [5.74, 6) is -1.34. The smallest absolute Gasteiger partial charge is 0.308 e. The van der Waals surface area contributed by atoms with E-state index in [9.17, 15) is 27.8 Å². The lowest BCUT2D eigenvalue weighted by Crippen LogP contribution is -2.27. The third-order valence-corrected chi connectivity index (χ3v) is 7.92. The molecule has 0 amide bonds. The first-order valence-electron chi connectivity index (χ1n) is 13.7. The predicted octanol–water partition coefficient (Wildman–Crippen LogP) is 3.78. The Hall–Kier alpha value is -3.81. The van der Waals surface area contributed by atoms with Crippen molar-refractivity contribution in [3.05, 3.63) is 70.2 Å². The lowest BCUT2D eigenvalue weighted by atomic mass is 9.97. The molecule has 3 rings (SSSR count). The van der Waals surface area contributed by atoms with Gasteiger partial charge in [-0.1, -0.05) is 26.0 Å². The molecule has 0 bridgehead atoms. The van der Waals surface area contributed by atoms with Gasteiger partial charge in [-0.05, 0) is 51.0 Å². The number of hydrogen-bond donors (Lipinski definition) is 2. The van der Waals surface area contributed by atoms with Crippen LogP contribution in [0.2, 0.25) is 0 Å². The fourth-order valence-corrected chi connectivity index (χ4v) is 4.52. The lowest BCUT2D eigenvalue weighted by molar-refractivity contribution is -0.147. The van der Waals surface area contributed by atoms with Gasteiger partial charge in [-0.15, -0.1) is 0 Å². The molecule has 0 unspecified atom stereocenters. The van der Waals surface area contributed by atoms with Gasteiger partial charge in [0.1, 0.15) is 12.4 Å². The Labute approximate surface area is 251 Å². The number of hydrogen-bond acceptors (Lipinski definition) is 10. The molecule has 13 heteroatoms. The summed E-state index contributed by atoms with van der Waals surface area (Å²) in [6.45, 7) is 9.09. The molecule has 11 nitrogen and oxygen atoms in total. The van der Waals surface area contributed by atoms with Gasteiger partial charge < -0.3 is 14.9 Å². The highest BCUT2D eigenvalue weighted by atomic mass is 32.2. The molecule has 2 aromatic heterocycles. The molecule has 0 fully saturated rings. The number of ether oxygens (including phenoxy) is 1. The summed E-state index contributed by atoms with van der Waals surface area (Å²) < 4.78 is 44.4. The average Bonchev–Trinajstić information content (AvgIpc) is 2.92. The van der Waals surface area contributed by atoms with Crippen molar-refractivity contribution in [3.63, 3.8) is 0 Å². The molecule has 3 aromatic rings. The van der Waals surface area contributed by atoms with E-state index in [1.54, 1.807) is 13.0 Å². The van der Waals surface area contributed by atoms with Crippen LogP contribution in [-0.4, -0.2) is 70.0 Å². The molecule has 0 spiro atoms. The Bertz CT molecular complexity index is 1600. The van der Waals surface area contributed by atoms with Crippen molar-refractivity contribution >= 4 is 28.0 Å². The summed E-state index contributed by atoms with van der Waals surface area (Å²) in [7, 11) is -2.34. The summed E-state index contributed by atoms with van der Waals surface area (Å²) >= 11 is 0. The highest BCUT2D eigenvalue weighted by Gasteiger charge is 2.23. The van der Waals surface area contributed by atoms with Gasteiger partial charge in [0.2, 0.25) is 16.0 Å². The first-order valence-corrected chi connectivity index (χ1v) is 15.5. The first kappa shape index (κ1) is 33.7. The number of aliphatic hydroxyl groups excluding tert-OH is 2. The van der Waals surface area contributed by atoms with Crippen LogP contribution in [0.1, 0.15) is 66.6 Å². The lowest BCUT2D eigenvalue weighted by Gasteiger charge is -2.20. The number of benzene rings is 1. The van der Waals surface area contributed by atoms with Crippen LogP contribution in [0, 0.1) is 26.6 Å². The van der Waals surface area contributed by atoms with E-state index in [0.29, 0.717) is 33.9 Å². The predicted molar refractivity (Wildman–Crippen MR) is 161 cm³/mol. The topological polar surface area (TPSA) is 156 Å². The number of halogens is 1. The van der Waals surface area contributed by atoms with Gasteiger partial charge in [0, 0.05) is 24.6 Å². The van der Waals surface area contributed by atoms with E-state index in [2.05, 4.69) is 19.9 Å². The second kappa shape index (κ2) is 14.1. The van der Waals surface area contributed by atoms with E-state index >= 15 is 0 Å². The largest absolute Gasteiger partial charge is 0.459 e. The first-order chi connectivity index (χ1) is 20.1. The monoisotopic (exact) mass is 615 g/mol. The average molecular weight is 616 g/mol. The highest BCUT2D eigenvalue weighted by molar-refractivity contribution is 7.92. The maximum absolute atomic E-state index is 13.7. The second-order valence-electron chi connectivity index (χ2n) is 10.7. The molecule has 1 aromatic carbocycles. The van der Waals surface area contributed by atoms with Crippen LogP contribution >= 0.6 is 0 Å². The third-order valence-electron chi connectivity index (χ3n) is 6.76. The summed E-state index contributed by atoms with van der Waals surface area (Å²) in [4.78, 5) is 30.1. The quantitative estimate of drug-likeness (QED) is 0.288. The fraction of sp³-hybridized carbons (Fsp3) is 0.433. The fourth-order valence-electron chi connectivity index (χ4n) is 4.14. The zero-order valence-corrected chi connectivity index (χ0v) is 26.2. The molecule has 0 aliphatic rings. The normalized spacial score (nSPS) is 13.4. The molecule has 2 N–H and O–H groups in total. The van der Waals surface area contributed by atoms with Crippen molar-refractivity contribution in [3.8, 4) is 11.3 Å². The zero-order valence-electron chi connectivity index (χ0n) is 25.4. The van der Waals surface area contributed by atoms with Gasteiger partial charge in [0.15, 0.2) is 0 Å². The van der Waals surface area contributed by atoms with Crippen molar-refractivity contribution in [2.45, 2.75) is 72.2 Å². The zero-order chi connectivity index (χ0) is 32.1. The van der Waals surface area contributed by atoms with Crippen molar-refractivity contribution in [1.29, 1.82) is 0 Å². The highest BCUT2D eigenvalue weighted by Crippen LogP contribution is 2.31. The number of anilines is 1. The number of aryl methyl sites for hydroxylation is 3. The molecule has 0 aliphatic heterocycles. The van der Waals surface area contributed by atoms with E-state index in [1.165, 1.54) is 37.4 Å². The Kier molecular flexibility index (Phi) is 11.1. The molecule has 2 atom stereocenters. The minimum Gasteiger partial charge on any atom is -0.459 e. The summed E-state index contributed by atoms with van der Waals surface area (Å²) in [5.41, 5.74) is 4.54. The van der Waals surface area contributed by atoms with Crippen LogP contribution in [0.5, 0.6) is 0 Å². The number of aromatic nitrogens is 4. The molecule has 0 saturated heterocycles. The summed E-state index contributed by atoms with van der Waals surface area (Å²) in [5, 5.41) is 21.1. The van der Waals surface area contributed by atoms with E-state index in [0.717, 1.165) is 21.9 Å². The van der Waals surface area contributed by atoms with Crippen LogP contribution in [0.3, 0.4) is 0 Å². The van der Waals surface area contributed by atoms with Gasteiger partial charge in [0.25, 0.3) is 0 Å².